The second kappa shape index (κ2) is 7.29. The van der Waals surface area contributed by atoms with Crippen molar-refractivity contribution in [1.29, 1.82) is 0 Å². The van der Waals surface area contributed by atoms with Gasteiger partial charge in [-0.15, -0.1) is 6.58 Å². The zero-order valence-electron chi connectivity index (χ0n) is 11.1. The van der Waals surface area contributed by atoms with Crippen molar-refractivity contribution >= 4 is 6.09 Å². The summed E-state index contributed by atoms with van der Waals surface area (Å²) < 4.78 is 5.12. The van der Waals surface area contributed by atoms with E-state index >= 15 is 0 Å². The number of amides is 1. The maximum absolute atomic E-state index is 11.5. The van der Waals surface area contributed by atoms with Gasteiger partial charge in [0.2, 0.25) is 0 Å². The molecule has 0 aromatic carbocycles. The van der Waals surface area contributed by atoms with Crippen molar-refractivity contribution in [2.24, 2.45) is 0 Å². The molecule has 17 heavy (non-hydrogen) atoms. The Morgan fingerprint density at radius 2 is 2.12 bits per heavy atom. The summed E-state index contributed by atoms with van der Waals surface area (Å²) in [6, 6.07) is -0.384. The third-order valence-corrected chi connectivity index (χ3v) is 1.94. The molecule has 0 rings (SSSR count). The Morgan fingerprint density at radius 3 is 2.53 bits per heavy atom. The summed E-state index contributed by atoms with van der Waals surface area (Å²) in [6.45, 7) is 11.7. The van der Waals surface area contributed by atoms with E-state index in [-0.39, 0.29) is 6.04 Å². The highest BCUT2D eigenvalue weighted by molar-refractivity contribution is 5.68. The lowest BCUT2D eigenvalue weighted by Crippen LogP contribution is -2.49. The van der Waals surface area contributed by atoms with Gasteiger partial charge in [0.25, 0.3) is 0 Å². The summed E-state index contributed by atoms with van der Waals surface area (Å²) in [4.78, 5) is 11.5. The first-order chi connectivity index (χ1) is 7.76. The minimum Gasteiger partial charge on any atom is -0.444 e. The first-order valence-corrected chi connectivity index (χ1v) is 5.75. The highest BCUT2D eigenvalue weighted by atomic mass is 16.6. The zero-order valence-corrected chi connectivity index (χ0v) is 11.1. The van der Waals surface area contributed by atoms with Crippen LogP contribution in [0.1, 0.15) is 27.7 Å². The molecule has 2 atom stereocenters. The van der Waals surface area contributed by atoms with Crippen LogP contribution in [-0.2, 0) is 4.74 Å². The van der Waals surface area contributed by atoms with Crippen LogP contribution in [0, 0.1) is 0 Å². The average molecular weight is 244 g/mol. The second-order valence-corrected chi connectivity index (χ2v) is 4.94. The van der Waals surface area contributed by atoms with E-state index in [4.69, 9.17) is 4.74 Å². The quantitative estimate of drug-likeness (QED) is 0.482. The Balaban J connectivity index is 4.15. The lowest BCUT2D eigenvalue weighted by molar-refractivity contribution is 0.0438. The van der Waals surface area contributed by atoms with E-state index in [0.717, 1.165) is 0 Å². The van der Waals surface area contributed by atoms with Crippen molar-refractivity contribution in [3.05, 3.63) is 12.7 Å². The van der Waals surface area contributed by atoms with E-state index in [1.54, 1.807) is 33.8 Å². The number of aliphatic hydroxyl groups excluding tert-OH is 1. The van der Waals surface area contributed by atoms with Crippen molar-refractivity contribution in [2.45, 2.75) is 45.4 Å². The largest absolute Gasteiger partial charge is 0.444 e. The fraction of sp³-hybridized carbons (Fsp3) is 0.750. The molecule has 0 saturated heterocycles. The van der Waals surface area contributed by atoms with Crippen LogP contribution in [0.4, 0.5) is 4.79 Å². The third-order valence-electron chi connectivity index (χ3n) is 1.94. The lowest BCUT2D eigenvalue weighted by Gasteiger charge is -2.25. The highest BCUT2D eigenvalue weighted by Gasteiger charge is 2.21. The van der Waals surface area contributed by atoms with E-state index in [9.17, 15) is 9.90 Å². The van der Waals surface area contributed by atoms with Gasteiger partial charge in [-0.25, -0.2) is 4.79 Å². The summed E-state index contributed by atoms with van der Waals surface area (Å²) in [6.07, 6.45) is 0.538. The van der Waals surface area contributed by atoms with Gasteiger partial charge in [0.15, 0.2) is 0 Å². The molecule has 0 fully saturated rings. The van der Waals surface area contributed by atoms with Crippen LogP contribution < -0.4 is 10.6 Å². The Kier molecular flexibility index (Phi) is 6.83. The first kappa shape index (κ1) is 15.9. The van der Waals surface area contributed by atoms with E-state index in [1.807, 2.05) is 0 Å². The molecule has 0 aliphatic heterocycles. The number of nitrogens with one attached hydrogen (secondary N) is 2. The van der Waals surface area contributed by atoms with Gasteiger partial charge in [0.1, 0.15) is 5.60 Å². The Labute approximate surface area is 103 Å². The number of carbonyl (C=O) groups excluding carboxylic acids is 1. The second-order valence-electron chi connectivity index (χ2n) is 4.94. The Hall–Kier alpha value is -1.07. The fourth-order valence-electron chi connectivity index (χ4n) is 1.14. The van der Waals surface area contributed by atoms with Gasteiger partial charge in [-0.3, -0.25) is 0 Å². The van der Waals surface area contributed by atoms with Crippen molar-refractivity contribution in [3.63, 3.8) is 0 Å². The van der Waals surface area contributed by atoms with Crippen LogP contribution in [0.3, 0.4) is 0 Å². The van der Waals surface area contributed by atoms with Gasteiger partial charge >= 0.3 is 6.09 Å². The molecular weight excluding hydrogens is 220 g/mol. The molecule has 3 N–H and O–H groups in total. The van der Waals surface area contributed by atoms with Crippen LogP contribution in [-0.4, -0.2) is 42.0 Å². The predicted molar refractivity (Wildman–Crippen MR) is 67.9 cm³/mol. The molecule has 100 valence electrons. The molecule has 0 radical (unpaired) electrons. The van der Waals surface area contributed by atoms with Gasteiger partial charge in [0, 0.05) is 13.1 Å². The standard InChI is InChI=1S/C12H24N2O3/c1-6-7-13-8-10(9(2)15)14-11(16)17-12(3,4)5/h6,9-10,13,15H,1,7-8H2,2-5H3,(H,14,16)/t9?,10-/m0/s1. The molecule has 5 nitrogen and oxygen atoms in total. The van der Waals surface area contributed by atoms with Gasteiger partial charge < -0.3 is 20.5 Å². The number of hydrogen-bond donors (Lipinski definition) is 3. The summed E-state index contributed by atoms with van der Waals surface area (Å²) in [5, 5.41) is 15.2. The normalized spacial score (nSPS) is 14.9. The van der Waals surface area contributed by atoms with Crippen LogP contribution in [0.15, 0.2) is 12.7 Å². The van der Waals surface area contributed by atoms with Crippen LogP contribution >= 0.6 is 0 Å². The molecule has 0 aromatic heterocycles. The molecule has 0 saturated carbocycles. The van der Waals surface area contributed by atoms with Crippen LogP contribution in [0.25, 0.3) is 0 Å². The molecule has 0 spiro atoms. The molecule has 0 heterocycles. The summed E-state index contributed by atoms with van der Waals surface area (Å²) in [5.74, 6) is 0. The zero-order chi connectivity index (χ0) is 13.5. The van der Waals surface area contributed by atoms with Gasteiger partial charge in [-0.1, -0.05) is 6.08 Å². The third kappa shape index (κ3) is 8.71. The van der Waals surface area contributed by atoms with Gasteiger partial charge in [-0.2, -0.15) is 0 Å². The molecule has 0 aromatic rings. The van der Waals surface area contributed by atoms with E-state index in [0.29, 0.717) is 13.1 Å². The van der Waals surface area contributed by atoms with E-state index < -0.39 is 17.8 Å². The predicted octanol–water partition coefficient (Wildman–Crippen LogP) is 1.04. The average Bonchev–Trinajstić information content (AvgIpc) is 2.13. The number of carbonyl (C=O) groups is 1. The Morgan fingerprint density at radius 1 is 1.53 bits per heavy atom. The van der Waals surface area contributed by atoms with Crippen molar-refractivity contribution in [3.8, 4) is 0 Å². The SMILES string of the molecule is C=CCNC[C@H](NC(=O)OC(C)(C)C)C(C)O. The number of aliphatic hydroxyl groups is 1. The molecule has 0 bridgehead atoms. The summed E-state index contributed by atoms with van der Waals surface area (Å²) in [7, 11) is 0. The molecule has 0 aliphatic rings. The number of hydrogen-bond acceptors (Lipinski definition) is 4. The van der Waals surface area contributed by atoms with Crippen LogP contribution in [0.5, 0.6) is 0 Å². The monoisotopic (exact) mass is 244 g/mol. The molecule has 5 heteroatoms. The molecule has 1 amide bonds. The van der Waals surface area contributed by atoms with Crippen molar-refractivity contribution < 1.29 is 14.6 Å². The first-order valence-electron chi connectivity index (χ1n) is 5.75. The minimum atomic E-state index is -0.653. The maximum atomic E-state index is 11.5. The topological polar surface area (TPSA) is 70.6 Å². The lowest BCUT2D eigenvalue weighted by atomic mass is 10.2. The number of ether oxygens (including phenoxy) is 1. The van der Waals surface area contributed by atoms with Crippen molar-refractivity contribution in [1.82, 2.24) is 10.6 Å². The molecular formula is C12H24N2O3. The molecule has 0 aliphatic carbocycles. The van der Waals surface area contributed by atoms with E-state index in [2.05, 4.69) is 17.2 Å². The maximum Gasteiger partial charge on any atom is 0.408 e. The van der Waals surface area contributed by atoms with Gasteiger partial charge in [-0.05, 0) is 27.7 Å². The van der Waals surface area contributed by atoms with Gasteiger partial charge in [0.05, 0.1) is 12.1 Å². The fourth-order valence-corrected chi connectivity index (χ4v) is 1.14. The van der Waals surface area contributed by atoms with E-state index in [1.165, 1.54) is 0 Å². The molecule has 1 unspecified atom stereocenters. The number of rotatable bonds is 6. The van der Waals surface area contributed by atoms with Crippen LogP contribution in [0.2, 0.25) is 0 Å². The summed E-state index contributed by atoms with van der Waals surface area (Å²) >= 11 is 0. The number of alkyl carbamates (subject to hydrolysis) is 1. The smallest absolute Gasteiger partial charge is 0.408 e. The Bertz CT molecular complexity index is 247. The highest BCUT2D eigenvalue weighted by Crippen LogP contribution is 2.07. The minimum absolute atomic E-state index is 0.384. The summed E-state index contributed by atoms with van der Waals surface area (Å²) in [5.41, 5.74) is -0.540. The van der Waals surface area contributed by atoms with Crippen molar-refractivity contribution in [2.75, 3.05) is 13.1 Å².